The highest BCUT2D eigenvalue weighted by molar-refractivity contribution is 5.79. The lowest BCUT2D eigenvalue weighted by Crippen LogP contribution is -2.58. The summed E-state index contributed by atoms with van der Waals surface area (Å²) in [6.45, 7) is 7.22. The highest BCUT2D eigenvalue weighted by Gasteiger charge is 2.62. The zero-order valence-corrected chi connectivity index (χ0v) is 18.8. The van der Waals surface area contributed by atoms with E-state index >= 15 is 0 Å². The van der Waals surface area contributed by atoms with Gasteiger partial charge in [-0.1, -0.05) is 20.8 Å². The van der Waals surface area contributed by atoms with Crippen LogP contribution in [0.1, 0.15) is 85.0 Å². The Morgan fingerprint density at radius 2 is 1.90 bits per heavy atom. The molecule has 0 spiro atoms. The zero-order valence-electron chi connectivity index (χ0n) is 18.8. The predicted molar refractivity (Wildman–Crippen MR) is 112 cm³/mol. The molecule has 1 N–H and O–H groups in total. The molecule has 0 heterocycles. The van der Waals surface area contributed by atoms with Crippen LogP contribution in [0.25, 0.3) is 0 Å². The standard InChI is InChI=1S/C25H40O4/c1-15(5-8-22(28)29-4)18-6-7-19-23-20(10-12-25(18,19)3)24(2)11-9-17(26)13-16(24)14-21(23)27/h15-16,18-21,23,27H,5-14H2,1-4H3/t15-,16+,18-,19?,20?,21?,23?,24+,25-/m1/s1. The van der Waals surface area contributed by atoms with Gasteiger partial charge in [0.15, 0.2) is 0 Å². The summed E-state index contributed by atoms with van der Waals surface area (Å²) >= 11 is 0. The number of hydrogen-bond acceptors (Lipinski definition) is 4. The van der Waals surface area contributed by atoms with Gasteiger partial charge in [0.25, 0.3) is 0 Å². The number of rotatable bonds is 4. The number of aliphatic hydroxyl groups is 1. The van der Waals surface area contributed by atoms with Gasteiger partial charge in [0.05, 0.1) is 13.2 Å². The molecule has 0 aliphatic heterocycles. The van der Waals surface area contributed by atoms with Crippen molar-refractivity contribution < 1.29 is 19.4 Å². The Labute approximate surface area is 176 Å². The molecule has 0 aromatic rings. The Bertz CT molecular complexity index is 659. The maximum atomic E-state index is 12.1. The Kier molecular flexibility index (Phi) is 5.63. The molecule has 4 aliphatic carbocycles. The molecule has 4 fully saturated rings. The van der Waals surface area contributed by atoms with Crippen molar-refractivity contribution >= 4 is 11.8 Å². The number of methoxy groups -OCH3 is 1. The zero-order chi connectivity index (χ0) is 21.0. The lowest BCUT2D eigenvalue weighted by molar-refractivity contribution is -0.169. The van der Waals surface area contributed by atoms with Crippen molar-refractivity contribution in [3.05, 3.63) is 0 Å². The Balaban J connectivity index is 1.53. The van der Waals surface area contributed by atoms with Crippen molar-refractivity contribution in [1.29, 1.82) is 0 Å². The molecule has 29 heavy (non-hydrogen) atoms. The van der Waals surface area contributed by atoms with Gasteiger partial charge in [0, 0.05) is 19.3 Å². The minimum absolute atomic E-state index is 0.103. The van der Waals surface area contributed by atoms with E-state index in [4.69, 9.17) is 4.74 Å². The van der Waals surface area contributed by atoms with Crippen molar-refractivity contribution in [1.82, 2.24) is 0 Å². The van der Waals surface area contributed by atoms with E-state index in [1.54, 1.807) is 0 Å². The normalized spacial score (nSPS) is 47.7. The lowest BCUT2D eigenvalue weighted by atomic mass is 9.44. The third-order valence-electron chi connectivity index (χ3n) is 10.3. The molecular formula is C25H40O4. The van der Waals surface area contributed by atoms with Gasteiger partial charge in [-0.15, -0.1) is 0 Å². The average Bonchev–Trinajstić information content (AvgIpc) is 3.04. The summed E-state index contributed by atoms with van der Waals surface area (Å²) in [5.74, 6) is 3.35. The van der Waals surface area contributed by atoms with Gasteiger partial charge in [-0.25, -0.2) is 0 Å². The SMILES string of the molecule is COC(=O)CC[C@@H](C)[C@H]1CCC2C3C(O)C[C@@H]4CC(=O)CC[C@]4(C)C3CC[C@@]21C. The van der Waals surface area contributed by atoms with Crippen molar-refractivity contribution in [3.8, 4) is 0 Å². The second-order valence-electron chi connectivity index (χ2n) is 11.4. The monoisotopic (exact) mass is 404 g/mol. The minimum atomic E-state index is -0.252. The van der Waals surface area contributed by atoms with Crippen LogP contribution in [0.3, 0.4) is 0 Å². The third-order valence-corrected chi connectivity index (χ3v) is 10.3. The Morgan fingerprint density at radius 3 is 2.62 bits per heavy atom. The molecule has 0 amide bonds. The van der Waals surface area contributed by atoms with Gasteiger partial charge >= 0.3 is 5.97 Å². The molecule has 164 valence electrons. The number of esters is 1. The van der Waals surface area contributed by atoms with Gasteiger partial charge in [0.1, 0.15) is 5.78 Å². The fraction of sp³-hybridized carbons (Fsp3) is 0.920. The molecule has 0 radical (unpaired) electrons. The summed E-state index contributed by atoms with van der Waals surface area (Å²) in [5, 5.41) is 11.3. The number of ether oxygens (including phenoxy) is 1. The molecule has 4 nitrogen and oxygen atoms in total. The number of Topliss-reactive ketones (excluding diaryl/α,β-unsaturated/α-hetero) is 1. The van der Waals surface area contributed by atoms with Gasteiger partial charge in [-0.05, 0) is 91.3 Å². The van der Waals surface area contributed by atoms with Crippen LogP contribution in [0.4, 0.5) is 0 Å². The van der Waals surface area contributed by atoms with E-state index in [-0.39, 0.29) is 22.9 Å². The Morgan fingerprint density at radius 1 is 1.17 bits per heavy atom. The third kappa shape index (κ3) is 3.38. The van der Waals surface area contributed by atoms with E-state index in [1.165, 1.54) is 32.8 Å². The van der Waals surface area contributed by atoms with Gasteiger partial charge in [-0.2, -0.15) is 0 Å². The first-order valence-corrected chi connectivity index (χ1v) is 12.0. The van der Waals surface area contributed by atoms with Crippen LogP contribution in [-0.2, 0) is 14.3 Å². The molecule has 0 aromatic carbocycles. The lowest BCUT2D eigenvalue weighted by Gasteiger charge is -2.62. The van der Waals surface area contributed by atoms with E-state index in [2.05, 4.69) is 20.8 Å². The second kappa shape index (κ2) is 7.66. The quantitative estimate of drug-likeness (QED) is 0.685. The fourth-order valence-corrected chi connectivity index (χ4v) is 8.64. The van der Waals surface area contributed by atoms with Crippen LogP contribution in [-0.4, -0.2) is 30.1 Å². The first-order chi connectivity index (χ1) is 13.7. The van der Waals surface area contributed by atoms with Crippen LogP contribution in [0.5, 0.6) is 0 Å². The minimum Gasteiger partial charge on any atom is -0.469 e. The average molecular weight is 405 g/mol. The highest BCUT2D eigenvalue weighted by Crippen LogP contribution is 2.68. The van der Waals surface area contributed by atoms with E-state index in [0.717, 1.165) is 25.7 Å². The summed E-state index contributed by atoms with van der Waals surface area (Å²) in [5.41, 5.74) is 0.499. The summed E-state index contributed by atoms with van der Waals surface area (Å²) < 4.78 is 4.85. The molecule has 0 aromatic heterocycles. The van der Waals surface area contributed by atoms with Gasteiger partial charge in [-0.3, -0.25) is 9.59 Å². The maximum Gasteiger partial charge on any atom is 0.305 e. The first kappa shape index (κ1) is 21.3. The molecule has 4 aliphatic rings. The molecule has 0 saturated heterocycles. The fourth-order valence-electron chi connectivity index (χ4n) is 8.64. The number of carbonyl (C=O) groups is 2. The number of fused-ring (bicyclic) bond motifs is 5. The van der Waals surface area contributed by atoms with Crippen molar-refractivity contribution in [3.63, 3.8) is 0 Å². The van der Waals surface area contributed by atoms with E-state index < -0.39 is 0 Å². The van der Waals surface area contributed by atoms with E-state index in [0.29, 0.717) is 54.1 Å². The van der Waals surface area contributed by atoms with E-state index in [9.17, 15) is 14.7 Å². The van der Waals surface area contributed by atoms with Gasteiger partial charge < -0.3 is 9.84 Å². The number of carbonyl (C=O) groups excluding carboxylic acids is 2. The number of aliphatic hydroxyl groups excluding tert-OH is 1. The predicted octanol–water partition coefficient (Wildman–Crippen LogP) is 4.77. The van der Waals surface area contributed by atoms with Crippen LogP contribution < -0.4 is 0 Å². The molecular weight excluding hydrogens is 364 g/mol. The summed E-state index contributed by atoms with van der Waals surface area (Å²) in [4.78, 5) is 23.7. The maximum absolute atomic E-state index is 12.1. The number of hydrogen-bond donors (Lipinski definition) is 1. The van der Waals surface area contributed by atoms with Crippen LogP contribution in [0.15, 0.2) is 0 Å². The smallest absolute Gasteiger partial charge is 0.305 e. The molecule has 4 heteroatoms. The number of ketones is 1. The van der Waals surface area contributed by atoms with Crippen LogP contribution >= 0.6 is 0 Å². The Hall–Kier alpha value is -0.900. The molecule has 0 bridgehead atoms. The van der Waals surface area contributed by atoms with Crippen molar-refractivity contribution in [2.45, 2.75) is 91.1 Å². The molecule has 4 saturated carbocycles. The van der Waals surface area contributed by atoms with Crippen molar-refractivity contribution in [2.75, 3.05) is 7.11 Å². The summed E-state index contributed by atoms with van der Waals surface area (Å²) in [7, 11) is 1.47. The van der Waals surface area contributed by atoms with E-state index in [1.807, 2.05) is 0 Å². The molecule has 4 rings (SSSR count). The largest absolute Gasteiger partial charge is 0.469 e. The molecule has 9 atom stereocenters. The van der Waals surface area contributed by atoms with Crippen molar-refractivity contribution in [2.24, 2.45) is 46.3 Å². The summed E-state index contributed by atoms with van der Waals surface area (Å²) in [6.07, 6.45) is 9.27. The van der Waals surface area contributed by atoms with Gasteiger partial charge in [0.2, 0.25) is 0 Å². The topological polar surface area (TPSA) is 63.6 Å². The molecule has 4 unspecified atom stereocenters. The summed E-state index contributed by atoms with van der Waals surface area (Å²) in [6, 6.07) is 0. The first-order valence-electron chi connectivity index (χ1n) is 12.0. The second-order valence-corrected chi connectivity index (χ2v) is 11.4. The highest BCUT2D eigenvalue weighted by atomic mass is 16.5. The van der Waals surface area contributed by atoms with Crippen LogP contribution in [0.2, 0.25) is 0 Å². The van der Waals surface area contributed by atoms with Crippen LogP contribution in [0, 0.1) is 46.3 Å².